The molecule has 1 fully saturated rings. The summed E-state index contributed by atoms with van der Waals surface area (Å²) in [6.45, 7) is 2.48. The Morgan fingerprint density at radius 3 is 2.88 bits per heavy atom. The van der Waals surface area contributed by atoms with Gasteiger partial charge in [0, 0.05) is 13.6 Å². The molecular formula is C12H16N2O3. The van der Waals surface area contributed by atoms with Crippen LogP contribution >= 0.6 is 0 Å². The highest BCUT2D eigenvalue weighted by Gasteiger charge is 2.30. The molecule has 0 saturated carbocycles. The zero-order valence-corrected chi connectivity index (χ0v) is 10.0. The molecule has 1 unspecified atom stereocenters. The van der Waals surface area contributed by atoms with Gasteiger partial charge in [-0.2, -0.15) is 0 Å². The van der Waals surface area contributed by atoms with Crippen LogP contribution in [0.5, 0.6) is 0 Å². The summed E-state index contributed by atoms with van der Waals surface area (Å²) in [4.78, 5) is 24.9. The molecule has 1 aromatic heterocycles. The van der Waals surface area contributed by atoms with Gasteiger partial charge in [-0.05, 0) is 25.5 Å². The van der Waals surface area contributed by atoms with Gasteiger partial charge in [-0.1, -0.05) is 0 Å². The van der Waals surface area contributed by atoms with E-state index in [4.69, 9.17) is 4.42 Å². The minimum atomic E-state index is -0.335. The molecule has 2 amide bonds. The molecule has 5 nitrogen and oxygen atoms in total. The molecule has 1 N–H and O–H groups in total. The van der Waals surface area contributed by atoms with Crippen LogP contribution in [-0.4, -0.2) is 36.3 Å². The lowest BCUT2D eigenvalue weighted by molar-refractivity contribution is -0.137. The fourth-order valence-electron chi connectivity index (χ4n) is 1.98. The first-order valence-electron chi connectivity index (χ1n) is 5.66. The zero-order chi connectivity index (χ0) is 12.4. The third kappa shape index (κ3) is 2.49. The van der Waals surface area contributed by atoms with Crippen LogP contribution in [0, 0.1) is 6.92 Å². The van der Waals surface area contributed by atoms with Crippen LogP contribution in [0.2, 0.25) is 0 Å². The van der Waals surface area contributed by atoms with E-state index < -0.39 is 0 Å². The monoisotopic (exact) mass is 236 g/mol. The van der Waals surface area contributed by atoms with Gasteiger partial charge < -0.3 is 14.6 Å². The number of likely N-dealkylation sites (N-methyl/N-ethyl adjacent to an activating group) is 1. The Hall–Kier alpha value is -1.78. The normalized spacial score (nSPS) is 19.2. The van der Waals surface area contributed by atoms with Crippen LogP contribution in [0.4, 0.5) is 0 Å². The third-order valence-electron chi connectivity index (χ3n) is 3.00. The molecule has 2 rings (SSSR count). The van der Waals surface area contributed by atoms with Gasteiger partial charge in [0.15, 0.2) is 0 Å². The van der Waals surface area contributed by atoms with Crippen molar-refractivity contribution in [2.24, 2.45) is 0 Å². The van der Waals surface area contributed by atoms with Crippen molar-refractivity contribution in [3.05, 3.63) is 23.7 Å². The molecule has 1 saturated heterocycles. The highest BCUT2D eigenvalue weighted by atomic mass is 16.3. The Kier molecular flexibility index (Phi) is 3.17. The van der Waals surface area contributed by atoms with Crippen LogP contribution in [0.25, 0.3) is 0 Å². The average Bonchev–Trinajstić information content (AvgIpc) is 2.86. The summed E-state index contributed by atoms with van der Waals surface area (Å²) in [6.07, 6.45) is 0.881. The Bertz CT molecular complexity index is 439. The number of amides is 2. The topological polar surface area (TPSA) is 62.6 Å². The van der Waals surface area contributed by atoms with E-state index in [0.717, 1.165) is 5.76 Å². The predicted molar refractivity (Wildman–Crippen MR) is 61.3 cm³/mol. The maximum absolute atomic E-state index is 11.9. The third-order valence-corrected chi connectivity index (χ3v) is 3.00. The molecular weight excluding hydrogens is 220 g/mol. The zero-order valence-electron chi connectivity index (χ0n) is 10.0. The molecule has 0 aliphatic carbocycles. The van der Waals surface area contributed by atoms with Crippen molar-refractivity contribution in [3.8, 4) is 0 Å². The van der Waals surface area contributed by atoms with E-state index in [9.17, 15) is 9.59 Å². The first-order valence-corrected chi connectivity index (χ1v) is 5.66. The number of aryl methyl sites for hydroxylation is 1. The van der Waals surface area contributed by atoms with Crippen LogP contribution in [0.3, 0.4) is 0 Å². The largest absolute Gasteiger partial charge is 0.466 e. The number of hydrogen-bond acceptors (Lipinski definition) is 3. The van der Waals surface area contributed by atoms with Crippen molar-refractivity contribution >= 4 is 11.8 Å². The van der Waals surface area contributed by atoms with Crippen molar-refractivity contribution in [2.75, 3.05) is 13.6 Å². The molecule has 5 heteroatoms. The lowest BCUT2D eigenvalue weighted by Crippen LogP contribution is -2.42. The lowest BCUT2D eigenvalue weighted by atomic mass is 10.2. The Morgan fingerprint density at radius 2 is 2.35 bits per heavy atom. The van der Waals surface area contributed by atoms with E-state index in [1.165, 1.54) is 4.90 Å². The first kappa shape index (κ1) is 11.7. The first-order chi connectivity index (χ1) is 8.08. The van der Waals surface area contributed by atoms with E-state index in [1.807, 2.05) is 13.0 Å². The number of rotatable bonds is 3. The Balaban J connectivity index is 1.97. The van der Waals surface area contributed by atoms with E-state index in [2.05, 4.69) is 5.32 Å². The van der Waals surface area contributed by atoms with E-state index in [-0.39, 0.29) is 24.3 Å². The SMILES string of the molecule is Cc1ccc(CC(=O)N(C)C2CCNC2=O)o1. The smallest absolute Gasteiger partial charge is 0.242 e. The van der Waals surface area contributed by atoms with E-state index in [1.54, 1.807) is 13.1 Å². The number of nitrogens with zero attached hydrogens (tertiary/aromatic N) is 1. The van der Waals surface area contributed by atoms with Crippen molar-refractivity contribution < 1.29 is 14.0 Å². The number of carbonyl (C=O) groups is 2. The summed E-state index contributed by atoms with van der Waals surface area (Å²) < 4.78 is 5.35. The lowest BCUT2D eigenvalue weighted by Gasteiger charge is -2.21. The number of nitrogens with one attached hydrogen (secondary N) is 1. The molecule has 1 atom stereocenters. The fraction of sp³-hybridized carbons (Fsp3) is 0.500. The molecule has 1 aliphatic heterocycles. The molecule has 17 heavy (non-hydrogen) atoms. The van der Waals surface area contributed by atoms with Crippen molar-refractivity contribution in [3.63, 3.8) is 0 Å². The highest BCUT2D eigenvalue weighted by Crippen LogP contribution is 2.12. The van der Waals surface area contributed by atoms with Gasteiger partial charge in [-0.3, -0.25) is 9.59 Å². The van der Waals surface area contributed by atoms with Gasteiger partial charge in [0.25, 0.3) is 0 Å². The number of hydrogen-bond donors (Lipinski definition) is 1. The maximum atomic E-state index is 11.9. The summed E-state index contributed by atoms with van der Waals surface area (Å²) in [7, 11) is 1.66. The quantitative estimate of drug-likeness (QED) is 0.830. The molecule has 0 spiro atoms. The molecule has 0 aromatic carbocycles. The van der Waals surface area contributed by atoms with E-state index >= 15 is 0 Å². The van der Waals surface area contributed by atoms with Crippen molar-refractivity contribution in [1.82, 2.24) is 10.2 Å². The molecule has 0 radical (unpaired) electrons. The maximum Gasteiger partial charge on any atom is 0.242 e. The second kappa shape index (κ2) is 4.61. The second-order valence-electron chi connectivity index (χ2n) is 4.29. The highest BCUT2D eigenvalue weighted by molar-refractivity contribution is 5.89. The van der Waals surface area contributed by atoms with Crippen LogP contribution in [0.15, 0.2) is 16.5 Å². The predicted octanol–water partition coefficient (Wildman–Crippen LogP) is 0.477. The minimum Gasteiger partial charge on any atom is -0.466 e. The van der Waals surface area contributed by atoms with Gasteiger partial charge in [-0.25, -0.2) is 0 Å². The number of furan rings is 1. The van der Waals surface area contributed by atoms with Crippen molar-refractivity contribution in [2.45, 2.75) is 25.8 Å². The molecule has 1 aliphatic rings. The molecule has 0 bridgehead atoms. The molecule has 1 aromatic rings. The second-order valence-corrected chi connectivity index (χ2v) is 4.29. The van der Waals surface area contributed by atoms with Crippen LogP contribution in [-0.2, 0) is 16.0 Å². The van der Waals surface area contributed by atoms with Gasteiger partial charge in [0.2, 0.25) is 11.8 Å². The van der Waals surface area contributed by atoms with Gasteiger partial charge >= 0.3 is 0 Å². The van der Waals surface area contributed by atoms with E-state index in [0.29, 0.717) is 18.7 Å². The van der Waals surface area contributed by atoms with Gasteiger partial charge in [0.1, 0.15) is 17.6 Å². The number of carbonyl (C=O) groups excluding carboxylic acids is 2. The summed E-state index contributed by atoms with van der Waals surface area (Å²) in [6, 6.07) is 3.28. The standard InChI is InChI=1S/C12H16N2O3/c1-8-3-4-9(17-8)7-11(15)14(2)10-5-6-13-12(10)16/h3-4,10H,5-7H2,1-2H3,(H,13,16). The molecule has 92 valence electrons. The van der Waals surface area contributed by atoms with Gasteiger partial charge in [0.05, 0.1) is 6.42 Å². The van der Waals surface area contributed by atoms with Gasteiger partial charge in [-0.15, -0.1) is 0 Å². The molecule has 2 heterocycles. The average molecular weight is 236 g/mol. The fourth-order valence-corrected chi connectivity index (χ4v) is 1.98. The summed E-state index contributed by atoms with van der Waals surface area (Å²) in [5.74, 6) is 1.25. The Morgan fingerprint density at radius 1 is 1.59 bits per heavy atom. The van der Waals surface area contributed by atoms with Crippen LogP contribution in [0.1, 0.15) is 17.9 Å². The summed E-state index contributed by atoms with van der Waals surface area (Å²) >= 11 is 0. The van der Waals surface area contributed by atoms with Crippen LogP contribution < -0.4 is 5.32 Å². The summed E-state index contributed by atoms with van der Waals surface area (Å²) in [5, 5.41) is 2.72. The summed E-state index contributed by atoms with van der Waals surface area (Å²) in [5.41, 5.74) is 0. The minimum absolute atomic E-state index is 0.0727. The Labute approximate surface area is 99.8 Å². The van der Waals surface area contributed by atoms with Crippen molar-refractivity contribution in [1.29, 1.82) is 0 Å².